The van der Waals surface area contributed by atoms with Crippen molar-refractivity contribution in [1.29, 1.82) is 0 Å². The van der Waals surface area contributed by atoms with Gasteiger partial charge in [-0.25, -0.2) is 4.98 Å². The number of nitrogens with two attached hydrogens (primary N) is 1. The Balaban J connectivity index is 2.97. The van der Waals surface area contributed by atoms with Crippen molar-refractivity contribution in [1.82, 2.24) is 9.88 Å². The highest BCUT2D eigenvalue weighted by atomic mass is 35.5. The molecule has 106 valence electrons. The van der Waals surface area contributed by atoms with Crippen molar-refractivity contribution in [3.63, 3.8) is 0 Å². The van der Waals surface area contributed by atoms with Gasteiger partial charge in [0.1, 0.15) is 11.0 Å². The van der Waals surface area contributed by atoms with Gasteiger partial charge in [0.15, 0.2) is 0 Å². The smallest absolute Gasteiger partial charge is 0.254 e. The summed E-state index contributed by atoms with van der Waals surface area (Å²) in [5.74, 6) is 0.245. The zero-order valence-corrected chi connectivity index (χ0v) is 12.6. The zero-order chi connectivity index (χ0) is 14.4. The molecule has 0 saturated carbocycles. The summed E-state index contributed by atoms with van der Waals surface area (Å²) in [5, 5.41) is 0.253. The SMILES string of the molecule is CCCCN(C(=O)c1cc(N)nc(Cl)c1)C(C)CC. The molecule has 5 heteroatoms. The summed E-state index contributed by atoms with van der Waals surface area (Å²) >= 11 is 5.85. The number of hydrogen-bond acceptors (Lipinski definition) is 3. The first-order valence-electron chi connectivity index (χ1n) is 6.73. The molecule has 0 bridgehead atoms. The molecule has 0 fully saturated rings. The fourth-order valence-corrected chi connectivity index (χ4v) is 2.09. The number of hydrogen-bond donors (Lipinski definition) is 1. The number of amides is 1. The Morgan fingerprint density at radius 1 is 1.47 bits per heavy atom. The van der Waals surface area contributed by atoms with Crippen LogP contribution in [-0.4, -0.2) is 28.4 Å². The van der Waals surface area contributed by atoms with E-state index >= 15 is 0 Å². The summed E-state index contributed by atoms with van der Waals surface area (Å²) in [6.07, 6.45) is 2.97. The number of aromatic nitrogens is 1. The predicted molar refractivity (Wildman–Crippen MR) is 79.4 cm³/mol. The van der Waals surface area contributed by atoms with E-state index in [4.69, 9.17) is 17.3 Å². The van der Waals surface area contributed by atoms with Gasteiger partial charge in [-0.1, -0.05) is 31.9 Å². The van der Waals surface area contributed by atoms with Crippen LogP contribution in [0.25, 0.3) is 0 Å². The molecule has 1 heterocycles. The molecular formula is C14H22ClN3O. The van der Waals surface area contributed by atoms with Crippen LogP contribution >= 0.6 is 11.6 Å². The van der Waals surface area contributed by atoms with Crippen LogP contribution in [-0.2, 0) is 0 Å². The molecule has 0 spiro atoms. The number of carbonyl (C=O) groups excluding carboxylic acids is 1. The van der Waals surface area contributed by atoms with E-state index in [0.717, 1.165) is 25.8 Å². The summed E-state index contributed by atoms with van der Waals surface area (Å²) in [6.45, 7) is 7.00. The second-order valence-electron chi connectivity index (χ2n) is 4.71. The van der Waals surface area contributed by atoms with Crippen molar-refractivity contribution >= 4 is 23.3 Å². The minimum absolute atomic E-state index is 0.0289. The Morgan fingerprint density at radius 3 is 2.68 bits per heavy atom. The van der Waals surface area contributed by atoms with Gasteiger partial charge < -0.3 is 10.6 Å². The van der Waals surface area contributed by atoms with Gasteiger partial charge in [0.2, 0.25) is 0 Å². The molecule has 0 radical (unpaired) electrons. The summed E-state index contributed by atoms with van der Waals surface area (Å²) in [5.41, 5.74) is 6.15. The third-order valence-electron chi connectivity index (χ3n) is 3.20. The highest BCUT2D eigenvalue weighted by Crippen LogP contribution is 2.17. The minimum Gasteiger partial charge on any atom is -0.384 e. The molecule has 0 aliphatic heterocycles. The average molecular weight is 284 g/mol. The summed E-state index contributed by atoms with van der Waals surface area (Å²) < 4.78 is 0. The van der Waals surface area contributed by atoms with Gasteiger partial charge in [0.25, 0.3) is 5.91 Å². The van der Waals surface area contributed by atoms with E-state index in [1.165, 1.54) is 0 Å². The van der Waals surface area contributed by atoms with Gasteiger partial charge in [0, 0.05) is 18.2 Å². The number of unbranched alkanes of at least 4 members (excludes halogenated alkanes) is 1. The molecule has 0 aliphatic carbocycles. The molecule has 1 unspecified atom stereocenters. The number of rotatable bonds is 6. The lowest BCUT2D eigenvalue weighted by Crippen LogP contribution is -2.39. The maximum Gasteiger partial charge on any atom is 0.254 e. The first kappa shape index (κ1) is 15.8. The Kier molecular flexibility index (Phi) is 6.09. The van der Waals surface area contributed by atoms with E-state index in [0.29, 0.717) is 5.56 Å². The molecule has 1 aromatic rings. The largest absolute Gasteiger partial charge is 0.384 e. The van der Waals surface area contributed by atoms with E-state index in [2.05, 4.69) is 25.8 Å². The zero-order valence-electron chi connectivity index (χ0n) is 11.8. The predicted octanol–water partition coefficient (Wildman–Crippen LogP) is 3.36. The van der Waals surface area contributed by atoms with Crippen LogP contribution in [0.1, 0.15) is 50.4 Å². The van der Waals surface area contributed by atoms with Crippen molar-refractivity contribution in [2.75, 3.05) is 12.3 Å². The number of nitrogen functional groups attached to an aromatic ring is 1. The molecule has 4 nitrogen and oxygen atoms in total. The van der Waals surface area contributed by atoms with Crippen molar-refractivity contribution in [2.45, 2.75) is 46.1 Å². The number of pyridine rings is 1. The van der Waals surface area contributed by atoms with Gasteiger partial charge in [-0.3, -0.25) is 4.79 Å². The lowest BCUT2D eigenvalue weighted by molar-refractivity contribution is 0.0685. The third-order valence-corrected chi connectivity index (χ3v) is 3.39. The van der Waals surface area contributed by atoms with Crippen molar-refractivity contribution in [2.24, 2.45) is 0 Å². The number of halogens is 1. The lowest BCUT2D eigenvalue weighted by Gasteiger charge is -2.28. The highest BCUT2D eigenvalue weighted by Gasteiger charge is 2.20. The van der Waals surface area contributed by atoms with Crippen molar-refractivity contribution in [3.8, 4) is 0 Å². The monoisotopic (exact) mass is 283 g/mol. The standard InChI is InChI=1S/C14H22ClN3O/c1-4-6-7-18(10(3)5-2)14(19)11-8-12(15)17-13(16)9-11/h8-10H,4-7H2,1-3H3,(H2,16,17). The summed E-state index contributed by atoms with van der Waals surface area (Å²) in [6, 6.07) is 3.35. The maximum atomic E-state index is 12.5. The minimum atomic E-state index is -0.0289. The van der Waals surface area contributed by atoms with Gasteiger partial charge in [-0.2, -0.15) is 0 Å². The quantitative estimate of drug-likeness (QED) is 0.815. The average Bonchev–Trinajstić information content (AvgIpc) is 2.37. The molecule has 0 aliphatic rings. The normalized spacial score (nSPS) is 12.2. The Bertz CT molecular complexity index is 416. The Hall–Kier alpha value is -1.29. The maximum absolute atomic E-state index is 12.5. The number of carbonyl (C=O) groups is 1. The summed E-state index contributed by atoms with van der Waals surface area (Å²) in [4.78, 5) is 18.3. The molecule has 1 aromatic heterocycles. The van der Waals surface area contributed by atoms with Crippen LogP contribution in [0.5, 0.6) is 0 Å². The Morgan fingerprint density at radius 2 is 2.16 bits per heavy atom. The number of anilines is 1. The van der Waals surface area contributed by atoms with E-state index in [1.807, 2.05) is 4.90 Å². The molecule has 0 aromatic carbocycles. The van der Waals surface area contributed by atoms with E-state index in [9.17, 15) is 4.79 Å². The van der Waals surface area contributed by atoms with Crippen LogP contribution in [0.3, 0.4) is 0 Å². The van der Waals surface area contributed by atoms with Gasteiger partial charge >= 0.3 is 0 Å². The third kappa shape index (κ3) is 4.39. The first-order valence-corrected chi connectivity index (χ1v) is 7.11. The molecule has 2 N–H and O–H groups in total. The van der Waals surface area contributed by atoms with Gasteiger partial charge in [0.05, 0.1) is 0 Å². The van der Waals surface area contributed by atoms with Crippen LogP contribution in [0, 0.1) is 0 Å². The number of nitrogens with zero attached hydrogens (tertiary/aromatic N) is 2. The van der Waals surface area contributed by atoms with Gasteiger partial charge in [-0.05, 0) is 31.9 Å². The molecule has 19 heavy (non-hydrogen) atoms. The van der Waals surface area contributed by atoms with Gasteiger partial charge in [-0.15, -0.1) is 0 Å². The molecular weight excluding hydrogens is 262 g/mol. The van der Waals surface area contributed by atoms with Crippen molar-refractivity contribution in [3.05, 3.63) is 22.8 Å². The van der Waals surface area contributed by atoms with Crippen LogP contribution in [0.2, 0.25) is 5.15 Å². The fraction of sp³-hybridized carbons (Fsp3) is 0.571. The second kappa shape index (κ2) is 7.34. The van der Waals surface area contributed by atoms with E-state index in [-0.39, 0.29) is 22.9 Å². The highest BCUT2D eigenvalue weighted by molar-refractivity contribution is 6.29. The Labute approximate surface area is 120 Å². The van der Waals surface area contributed by atoms with Crippen LogP contribution in [0.4, 0.5) is 5.82 Å². The van der Waals surface area contributed by atoms with E-state index in [1.54, 1.807) is 12.1 Å². The molecule has 1 atom stereocenters. The lowest BCUT2D eigenvalue weighted by atomic mass is 10.1. The second-order valence-corrected chi connectivity index (χ2v) is 5.10. The van der Waals surface area contributed by atoms with E-state index < -0.39 is 0 Å². The topological polar surface area (TPSA) is 59.2 Å². The molecule has 1 rings (SSSR count). The van der Waals surface area contributed by atoms with Crippen LogP contribution in [0.15, 0.2) is 12.1 Å². The molecule has 0 saturated heterocycles. The van der Waals surface area contributed by atoms with Crippen molar-refractivity contribution < 1.29 is 4.79 Å². The fourth-order valence-electron chi connectivity index (χ4n) is 1.88. The molecule has 1 amide bonds. The summed E-state index contributed by atoms with van der Waals surface area (Å²) in [7, 11) is 0. The van der Waals surface area contributed by atoms with Crippen LogP contribution < -0.4 is 5.73 Å². The first-order chi connectivity index (χ1) is 8.99.